The van der Waals surface area contributed by atoms with Crippen molar-refractivity contribution in [1.82, 2.24) is 0 Å². The first-order valence-corrected chi connectivity index (χ1v) is 6.38. The molecule has 1 aromatic carbocycles. The Morgan fingerprint density at radius 1 is 1.35 bits per heavy atom. The summed E-state index contributed by atoms with van der Waals surface area (Å²) >= 11 is 5.71. The molecule has 0 bridgehead atoms. The molecule has 1 unspecified atom stereocenters. The van der Waals surface area contributed by atoms with E-state index >= 15 is 0 Å². The Balaban J connectivity index is 2.55. The predicted octanol–water partition coefficient (Wildman–Crippen LogP) is 4.70. The molecule has 1 aromatic rings. The maximum absolute atomic E-state index is 13.6. The van der Waals surface area contributed by atoms with Crippen LogP contribution in [0.2, 0.25) is 5.02 Å². The minimum absolute atomic E-state index is 0.241. The van der Waals surface area contributed by atoms with E-state index in [1.165, 1.54) is 6.07 Å². The molecule has 0 aromatic heterocycles. The number of rotatable bonds is 4. The molecule has 96 valence electrons. The van der Waals surface area contributed by atoms with E-state index in [9.17, 15) is 4.39 Å². The highest BCUT2D eigenvalue weighted by atomic mass is 35.5. The van der Waals surface area contributed by atoms with Crippen LogP contribution in [0.5, 0.6) is 0 Å². The van der Waals surface area contributed by atoms with Gasteiger partial charge in [-0.1, -0.05) is 44.9 Å². The normalized spacial score (nSPS) is 13.8. The molecule has 0 aliphatic heterocycles. The van der Waals surface area contributed by atoms with E-state index in [-0.39, 0.29) is 11.9 Å². The van der Waals surface area contributed by atoms with Gasteiger partial charge in [0.25, 0.3) is 0 Å². The second-order valence-electron chi connectivity index (χ2n) is 5.73. The molecular formula is C14H21ClFN. The van der Waals surface area contributed by atoms with Crippen molar-refractivity contribution in [3.8, 4) is 0 Å². The largest absolute Gasteiger partial charge is 0.324 e. The smallest absolute Gasteiger partial charge is 0.129 e. The Morgan fingerprint density at radius 3 is 2.53 bits per heavy atom. The first kappa shape index (κ1) is 14.5. The molecule has 0 aliphatic rings. The summed E-state index contributed by atoms with van der Waals surface area (Å²) < 4.78 is 13.6. The van der Waals surface area contributed by atoms with Crippen molar-refractivity contribution in [3.05, 3.63) is 34.6 Å². The zero-order valence-corrected chi connectivity index (χ0v) is 11.5. The molecule has 0 saturated heterocycles. The molecule has 1 atom stereocenters. The van der Waals surface area contributed by atoms with Crippen LogP contribution in [0, 0.1) is 11.2 Å². The molecule has 2 N–H and O–H groups in total. The van der Waals surface area contributed by atoms with Crippen LogP contribution in [0.1, 0.15) is 51.6 Å². The van der Waals surface area contributed by atoms with E-state index in [2.05, 4.69) is 20.8 Å². The van der Waals surface area contributed by atoms with Crippen LogP contribution >= 0.6 is 11.6 Å². The molecule has 0 saturated carbocycles. The summed E-state index contributed by atoms with van der Waals surface area (Å²) in [6.07, 6.45) is 2.90. The van der Waals surface area contributed by atoms with Crippen molar-refractivity contribution in [3.63, 3.8) is 0 Å². The van der Waals surface area contributed by atoms with Crippen LogP contribution in [0.15, 0.2) is 18.2 Å². The van der Waals surface area contributed by atoms with Gasteiger partial charge in [0, 0.05) is 16.6 Å². The zero-order chi connectivity index (χ0) is 13.1. The van der Waals surface area contributed by atoms with Crippen LogP contribution in [-0.4, -0.2) is 0 Å². The molecule has 0 amide bonds. The summed E-state index contributed by atoms with van der Waals surface area (Å²) in [4.78, 5) is 0. The van der Waals surface area contributed by atoms with Crippen molar-refractivity contribution >= 4 is 11.6 Å². The maximum Gasteiger partial charge on any atom is 0.129 e. The number of halogens is 2. The summed E-state index contributed by atoms with van der Waals surface area (Å²) in [5.41, 5.74) is 6.85. The standard InChI is InChI=1S/C14H21ClFN/c1-14(2,3)8-4-5-13(17)11-7-6-10(15)9-12(11)16/h6-7,9,13H,4-5,8,17H2,1-3H3. The first-order valence-electron chi connectivity index (χ1n) is 6.00. The Kier molecular flexibility index (Phi) is 4.96. The second-order valence-corrected chi connectivity index (χ2v) is 6.16. The third-order valence-electron chi connectivity index (χ3n) is 2.80. The average molecular weight is 258 g/mol. The highest BCUT2D eigenvalue weighted by Gasteiger charge is 2.14. The quantitative estimate of drug-likeness (QED) is 0.832. The number of benzene rings is 1. The lowest BCUT2D eigenvalue weighted by atomic mass is 9.88. The Bertz CT molecular complexity index is 371. The van der Waals surface area contributed by atoms with Crippen LogP contribution in [0.25, 0.3) is 0 Å². The average Bonchev–Trinajstić information content (AvgIpc) is 2.15. The van der Waals surface area contributed by atoms with Crippen molar-refractivity contribution in [2.24, 2.45) is 11.1 Å². The van der Waals surface area contributed by atoms with Crippen LogP contribution in [-0.2, 0) is 0 Å². The fourth-order valence-electron chi connectivity index (χ4n) is 1.81. The maximum atomic E-state index is 13.6. The van der Waals surface area contributed by atoms with Crippen LogP contribution in [0.4, 0.5) is 4.39 Å². The predicted molar refractivity (Wildman–Crippen MR) is 71.6 cm³/mol. The lowest BCUT2D eigenvalue weighted by Gasteiger charge is -2.19. The van der Waals surface area contributed by atoms with E-state index in [0.717, 1.165) is 19.3 Å². The Hall–Kier alpha value is -0.600. The van der Waals surface area contributed by atoms with Gasteiger partial charge in [0.15, 0.2) is 0 Å². The van der Waals surface area contributed by atoms with Gasteiger partial charge in [-0.05, 0) is 30.4 Å². The SMILES string of the molecule is CC(C)(C)CCCC(N)c1ccc(Cl)cc1F. The molecule has 0 spiro atoms. The van der Waals surface area contributed by atoms with Crippen LogP contribution < -0.4 is 5.73 Å². The van der Waals surface area contributed by atoms with E-state index < -0.39 is 0 Å². The summed E-state index contributed by atoms with van der Waals surface area (Å²) in [6, 6.07) is 4.44. The highest BCUT2D eigenvalue weighted by Crippen LogP contribution is 2.26. The fourth-order valence-corrected chi connectivity index (χ4v) is 1.97. The minimum Gasteiger partial charge on any atom is -0.324 e. The molecule has 1 nitrogen and oxygen atoms in total. The highest BCUT2D eigenvalue weighted by molar-refractivity contribution is 6.30. The van der Waals surface area contributed by atoms with E-state index in [0.29, 0.717) is 16.0 Å². The van der Waals surface area contributed by atoms with E-state index in [4.69, 9.17) is 17.3 Å². The molecule has 0 aliphatic carbocycles. The van der Waals surface area contributed by atoms with Crippen molar-refractivity contribution in [2.75, 3.05) is 0 Å². The molecule has 3 heteroatoms. The Morgan fingerprint density at radius 2 is 2.00 bits per heavy atom. The van der Waals surface area contributed by atoms with Gasteiger partial charge in [-0.15, -0.1) is 0 Å². The second kappa shape index (κ2) is 5.83. The van der Waals surface area contributed by atoms with E-state index in [1.807, 2.05) is 0 Å². The minimum atomic E-state index is -0.305. The van der Waals surface area contributed by atoms with Gasteiger partial charge in [0.1, 0.15) is 5.82 Å². The molecule has 0 fully saturated rings. The molecule has 1 rings (SSSR count). The number of hydrogen-bond acceptors (Lipinski definition) is 1. The summed E-state index contributed by atoms with van der Waals surface area (Å²) in [6.45, 7) is 6.59. The van der Waals surface area contributed by atoms with Gasteiger partial charge in [0.2, 0.25) is 0 Å². The zero-order valence-electron chi connectivity index (χ0n) is 10.8. The fraction of sp³-hybridized carbons (Fsp3) is 0.571. The van der Waals surface area contributed by atoms with Crippen LogP contribution in [0.3, 0.4) is 0 Å². The lowest BCUT2D eigenvalue weighted by Crippen LogP contribution is -2.13. The summed E-state index contributed by atoms with van der Waals surface area (Å²) in [7, 11) is 0. The monoisotopic (exact) mass is 257 g/mol. The van der Waals surface area contributed by atoms with E-state index in [1.54, 1.807) is 12.1 Å². The molecule has 0 heterocycles. The van der Waals surface area contributed by atoms with Gasteiger partial charge in [-0.25, -0.2) is 4.39 Å². The van der Waals surface area contributed by atoms with Crippen molar-refractivity contribution in [1.29, 1.82) is 0 Å². The number of hydrogen-bond donors (Lipinski definition) is 1. The van der Waals surface area contributed by atoms with Crippen molar-refractivity contribution < 1.29 is 4.39 Å². The molecular weight excluding hydrogens is 237 g/mol. The van der Waals surface area contributed by atoms with Gasteiger partial charge in [-0.2, -0.15) is 0 Å². The van der Waals surface area contributed by atoms with Gasteiger partial charge >= 0.3 is 0 Å². The van der Waals surface area contributed by atoms with Gasteiger partial charge in [-0.3, -0.25) is 0 Å². The topological polar surface area (TPSA) is 26.0 Å². The first-order chi connectivity index (χ1) is 7.79. The summed E-state index contributed by atoms with van der Waals surface area (Å²) in [5.74, 6) is -0.305. The van der Waals surface area contributed by atoms with Crippen molar-refractivity contribution in [2.45, 2.75) is 46.1 Å². The Labute approximate surface area is 108 Å². The van der Waals surface area contributed by atoms with Gasteiger partial charge in [0.05, 0.1) is 0 Å². The lowest BCUT2D eigenvalue weighted by molar-refractivity contribution is 0.352. The third-order valence-corrected chi connectivity index (χ3v) is 3.04. The molecule has 17 heavy (non-hydrogen) atoms. The van der Waals surface area contributed by atoms with Gasteiger partial charge < -0.3 is 5.73 Å². The number of nitrogens with two attached hydrogens (primary N) is 1. The third kappa shape index (κ3) is 5.05. The molecule has 0 radical (unpaired) electrons. The summed E-state index contributed by atoms with van der Waals surface area (Å²) in [5, 5.41) is 0.410.